The first kappa shape index (κ1) is 28.0. The quantitative estimate of drug-likeness (QED) is 0.180. The van der Waals surface area contributed by atoms with E-state index in [1.807, 2.05) is 6.07 Å². The van der Waals surface area contributed by atoms with Crippen LogP contribution in [0.15, 0.2) is 182 Å². The number of rotatable bonds is 2. The Morgan fingerprint density at radius 2 is 0.981 bits per heavy atom. The van der Waals surface area contributed by atoms with E-state index in [-0.39, 0.29) is 0 Å². The fourth-order valence-corrected chi connectivity index (χ4v) is 9.78. The average Bonchev–Trinajstić information content (AvgIpc) is 3.67. The van der Waals surface area contributed by atoms with E-state index in [1.54, 1.807) is 0 Å². The van der Waals surface area contributed by atoms with E-state index in [0.717, 1.165) is 17.1 Å². The first-order valence-corrected chi connectivity index (χ1v) is 18.1. The minimum Gasteiger partial charge on any atom is -0.456 e. The predicted octanol–water partition coefficient (Wildman–Crippen LogP) is 13.4. The van der Waals surface area contributed by atoms with Crippen molar-refractivity contribution in [3.05, 3.63) is 204 Å². The summed E-state index contributed by atoms with van der Waals surface area (Å²) in [5, 5.41) is 4.89. The number of hydrogen-bond acceptors (Lipinski definition) is 1. The van der Waals surface area contributed by atoms with Crippen molar-refractivity contribution in [2.45, 2.75) is 5.41 Å². The van der Waals surface area contributed by atoms with E-state index in [1.165, 1.54) is 93.9 Å². The minimum atomic E-state index is -0.476. The van der Waals surface area contributed by atoms with Gasteiger partial charge in [0, 0.05) is 10.9 Å². The van der Waals surface area contributed by atoms with Crippen LogP contribution in [0.3, 0.4) is 0 Å². The highest BCUT2D eigenvalue weighted by atomic mass is 16.5. The van der Waals surface area contributed by atoms with Gasteiger partial charge >= 0.3 is 0 Å². The molecule has 0 amide bonds. The molecule has 2 aliphatic carbocycles. The zero-order chi connectivity index (χ0) is 34.0. The summed E-state index contributed by atoms with van der Waals surface area (Å²) in [5.41, 5.74) is 17.4. The maximum absolute atomic E-state index is 6.54. The Morgan fingerprint density at radius 3 is 1.77 bits per heavy atom. The Bertz CT molecular complexity index is 2940. The molecule has 0 unspecified atom stereocenters. The summed E-state index contributed by atoms with van der Waals surface area (Å²) >= 11 is 0. The van der Waals surface area contributed by atoms with Gasteiger partial charge in [-0.05, 0) is 125 Å². The molecule has 0 fully saturated rings. The van der Waals surface area contributed by atoms with Gasteiger partial charge in [0.15, 0.2) is 0 Å². The van der Waals surface area contributed by atoms with E-state index >= 15 is 0 Å². The van der Waals surface area contributed by atoms with Crippen LogP contribution in [0.4, 0.5) is 0 Å². The third-order valence-corrected chi connectivity index (χ3v) is 11.8. The monoisotopic (exact) mass is 658 g/mol. The lowest BCUT2D eigenvalue weighted by atomic mass is 9.69. The number of fused-ring (bicyclic) bond motifs is 13. The molecule has 1 nitrogen and oxygen atoms in total. The van der Waals surface area contributed by atoms with Gasteiger partial charge in [-0.1, -0.05) is 146 Å². The maximum atomic E-state index is 6.54. The predicted molar refractivity (Wildman–Crippen MR) is 214 cm³/mol. The molecule has 0 saturated heterocycles. The molecule has 0 atom stereocenters. The van der Waals surface area contributed by atoms with Gasteiger partial charge in [-0.25, -0.2) is 0 Å². The first-order valence-electron chi connectivity index (χ1n) is 18.1. The molecule has 1 heteroatoms. The largest absolute Gasteiger partial charge is 0.456 e. The summed E-state index contributed by atoms with van der Waals surface area (Å²) in [5.74, 6) is 1.82. The highest BCUT2D eigenvalue weighted by Gasteiger charge is 2.52. The van der Waals surface area contributed by atoms with Gasteiger partial charge in [0.1, 0.15) is 11.5 Å². The molecule has 240 valence electrons. The van der Waals surface area contributed by atoms with Crippen LogP contribution in [0.25, 0.3) is 77.2 Å². The lowest BCUT2D eigenvalue weighted by Gasteiger charge is -2.31. The SMILES string of the molecule is c1ccc(-c2cc(-c3ccc4c5c(cccc35)-c3ccccc3O4)cc3c2-c2cc4ccccc4cc2C32c3ccccc3-c3ccccc32)cc1. The van der Waals surface area contributed by atoms with Crippen LogP contribution < -0.4 is 4.74 Å². The molecule has 9 aromatic carbocycles. The van der Waals surface area contributed by atoms with Crippen molar-refractivity contribution in [1.82, 2.24) is 0 Å². The zero-order valence-electron chi connectivity index (χ0n) is 28.2. The Morgan fingerprint density at radius 1 is 0.327 bits per heavy atom. The van der Waals surface area contributed by atoms with E-state index in [9.17, 15) is 0 Å². The zero-order valence-corrected chi connectivity index (χ0v) is 28.2. The number of benzene rings is 9. The number of hydrogen-bond donors (Lipinski definition) is 0. The summed E-state index contributed by atoms with van der Waals surface area (Å²) < 4.78 is 6.54. The fraction of sp³-hybridized carbons (Fsp3) is 0.0196. The Labute approximate surface area is 302 Å². The van der Waals surface area contributed by atoms with Gasteiger partial charge in [-0.3, -0.25) is 0 Å². The van der Waals surface area contributed by atoms with Gasteiger partial charge in [0.05, 0.1) is 5.41 Å². The fourth-order valence-electron chi connectivity index (χ4n) is 9.78. The molecule has 9 aromatic rings. The summed E-state index contributed by atoms with van der Waals surface area (Å²) in [6.07, 6.45) is 0. The highest BCUT2D eigenvalue weighted by molar-refractivity contribution is 6.11. The molecule has 1 spiro atoms. The van der Waals surface area contributed by atoms with Crippen LogP contribution in [0.2, 0.25) is 0 Å². The lowest BCUT2D eigenvalue weighted by molar-refractivity contribution is 0.487. The molecule has 0 aromatic heterocycles. The van der Waals surface area contributed by atoms with E-state index in [0.29, 0.717) is 0 Å². The van der Waals surface area contributed by atoms with Crippen molar-refractivity contribution in [2.24, 2.45) is 0 Å². The van der Waals surface area contributed by atoms with Crippen molar-refractivity contribution < 1.29 is 4.74 Å². The minimum absolute atomic E-state index is 0.476. The summed E-state index contributed by atoms with van der Waals surface area (Å²) in [7, 11) is 0. The molecular formula is C51H30O. The first-order chi connectivity index (χ1) is 25.8. The van der Waals surface area contributed by atoms with E-state index in [2.05, 4.69) is 176 Å². The lowest BCUT2D eigenvalue weighted by Crippen LogP contribution is -2.26. The van der Waals surface area contributed by atoms with Gasteiger partial charge in [-0.15, -0.1) is 0 Å². The molecule has 3 aliphatic rings. The van der Waals surface area contributed by atoms with E-state index in [4.69, 9.17) is 4.74 Å². The molecule has 52 heavy (non-hydrogen) atoms. The van der Waals surface area contributed by atoms with Crippen LogP contribution in [0.1, 0.15) is 22.3 Å². The molecule has 0 bridgehead atoms. The average molecular weight is 659 g/mol. The highest BCUT2D eigenvalue weighted by Crippen LogP contribution is 2.65. The van der Waals surface area contributed by atoms with Crippen molar-refractivity contribution in [3.8, 4) is 67.1 Å². The molecule has 0 saturated carbocycles. The summed E-state index contributed by atoms with van der Waals surface area (Å²) in [4.78, 5) is 0. The maximum Gasteiger partial charge on any atom is 0.135 e. The molecule has 0 N–H and O–H groups in total. The molecular weight excluding hydrogens is 629 g/mol. The van der Waals surface area contributed by atoms with Crippen molar-refractivity contribution >= 4 is 21.5 Å². The standard InChI is InChI=1S/C51H30O/c1-2-13-31(14-3-1)41-28-34(35-25-26-48-50-39(35)20-12-21-40(50)38-19-8-11-24-47(38)52-48)30-46-49(41)42-27-32-15-4-5-16-33(32)29-45(42)51(46)43-22-9-6-17-36(43)37-18-7-10-23-44(37)51/h1-30H. The Kier molecular flexibility index (Phi) is 5.49. The molecule has 1 aliphatic heterocycles. The molecule has 0 radical (unpaired) electrons. The van der Waals surface area contributed by atoms with Gasteiger partial charge in [0.2, 0.25) is 0 Å². The Hall–Kier alpha value is -6.70. The van der Waals surface area contributed by atoms with Crippen molar-refractivity contribution in [1.29, 1.82) is 0 Å². The van der Waals surface area contributed by atoms with Gasteiger partial charge in [-0.2, -0.15) is 0 Å². The van der Waals surface area contributed by atoms with Crippen LogP contribution in [-0.4, -0.2) is 0 Å². The smallest absolute Gasteiger partial charge is 0.135 e. The number of ether oxygens (including phenoxy) is 1. The van der Waals surface area contributed by atoms with Crippen LogP contribution >= 0.6 is 0 Å². The van der Waals surface area contributed by atoms with Crippen LogP contribution in [0, 0.1) is 0 Å². The third kappa shape index (κ3) is 3.52. The topological polar surface area (TPSA) is 9.23 Å². The molecule has 1 heterocycles. The van der Waals surface area contributed by atoms with Crippen molar-refractivity contribution in [3.63, 3.8) is 0 Å². The number of para-hydroxylation sites is 1. The van der Waals surface area contributed by atoms with Gasteiger partial charge in [0.25, 0.3) is 0 Å². The molecule has 12 rings (SSSR count). The second-order valence-corrected chi connectivity index (χ2v) is 14.3. The van der Waals surface area contributed by atoms with Crippen LogP contribution in [-0.2, 0) is 5.41 Å². The second-order valence-electron chi connectivity index (χ2n) is 14.3. The van der Waals surface area contributed by atoms with E-state index < -0.39 is 5.41 Å². The van der Waals surface area contributed by atoms with Crippen molar-refractivity contribution in [2.75, 3.05) is 0 Å². The van der Waals surface area contributed by atoms with Crippen LogP contribution in [0.5, 0.6) is 11.5 Å². The summed E-state index contributed by atoms with van der Waals surface area (Å²) in [6.45, 7) is 0. The Balaban J connectivity index is 1.24. The third-order valence-electron chi connectivity index (χ3n) is 11.8. The normalized spacial score (nSPS) is 13.7. The van der Waals surface area contributed by atoms with Gasteiger partial charge < -0.3 is 4.74 Å². The second kappa shape index (κ2) is 10.2. The summed E-state index contributed by atoms with van der Waals surface area (Å²) in [6, 6.07) is 67.4.